The number of carbonyl (C=O) groups is 1. The highest BCUT2D eigenvalue weighted by Crippen LogP contribution is 2.34. The fourth-order valence-electron chi connectivity index (χ4n) is 1.04. The van der Waals surface area contributed by atoms with Crippen molar-refractivity contribution >= 4 is 21.9 Å². The van der Waals surface area contributed by atoms with Gasteiger partial charge in [0.05, 0.1) is 0 Å². The topological polar surface area (TPSA) is 46.5 Å². The van der Waals surface area contributed by atoms with E-state index in [4.69, 9.17) is 9.84 Å². The number of rotatable bonds is 2. The van der Waals surface area contributed by atoms with E-state index in [1.54, 1.807) is 24.3 Å². The van der Waals surface area contributed by atoms with Crippen LogP contribution in [0, 0.1) is 5.92 Å². The molecule has 0 aromatic heterocycles. The molecule has 66 valence electrons. The number of ether oxygens (including phenoxy) is 1. The van der Waals surface area contributed by atoms with E-state index in [2.05, 4.69) is 15.9 Å². The molecule has 1 N–H and O–H groups in total. The summed E-state index contributed by atoms with van der Waals surface area (Å²) in [6, 6.07) is 0. The number of hydrogen-bond acceptors (Lipinski definition) is 2. The summed E-state index contributed by atoms with van der Waals surface area (Å²) in [5.74, 6) is -1.58. The number of hydrogen-bond donors (Lipinski definition) is 1. The van der Waals surface area contributed by atoms with Gasteiger partial charge in [-0.05, 0) is 22.0 Å². The van der Waals surface area contributed by atoms with Crippen LogP contribution in [0.1, 0.15) is 0 Å². The van der Waals surface area contributed by atoms with Gasteiger partial charge in [0, 0.05) is 7.11 Å². The van der Waals surface area contributed by atoms with Gasteiger partial charge in [0.1, 0.15) is 5.92 Å². The summed E-state index contributed by atoms with van der Waals surface area (Å²) in [5.41, 5.74) is 0. The maximum atomic E-state index is 10.7. The SMILES string of the molecule is COC1(Br)C=CC=CC1C(=O)O. The summed E-state index contributed by atoms with van der Waals surface area (Å²) >= 11 is 3.22. The van der Waals surface area contributed by atoms with E-state index in [0.29, 0.717) is 0 Å². The monoisotopic (exact) mass is 232 g/mol. The lowest BCUT2D eigenvalue weighted by Crippen LogP contribution is -2.36. The Bertz CT molecular complexity index is 247. The average molecular weight is 233 g/mol. The molecule has 3 nitrogen and oxygen atoms in total. The third-order valence-electron chi connectivity index (χ3n) is 1.74. The van der Waals surface area contributed by atoms with Gasteiger partial charge in [-0.3, -0.25) is 4.79 Å². The fraction of sp³-hybridized carbons (Fsp3) is 0.375. The highest BCUT2D eigenvalue weighted by atomic mass is 79.9. The van der Waals surface area contributed by atoms with Crippen LogP contribution in [-0.4, -0.2) is 22.7 Å². The molecule has 1 aliphatic carbocycles. The van der Waals surface area contributed by atoms with Crippen molar-refractivity contribution in [1.29, 1.82) is 0 Å². The van der Waals surface area contributed by atoms with Gasteiger partial charge in [-0.25, -0.2) is 0 Å². The molecule has 1 rings (SSSR count). The molecular formula is C8H9BrO3. The summed E-state index contributed by atoms with van der Waals surface area (Å²) in [7, 11) is 1.47. The first-order valence-electron chi connectivity index (χ1n) is 3.43. The molecule has 2 unspecified atom stereocenters. The summed E-state index contributed by atoms with van der Waals surface area (Å²) in [6.45, 7) is 0. The molecule has 0 spiro atoms. The minimum Gasteiger partial charge on any atom is -0.481 e. The molecule has 1 aliphatic rings. The molecule has 0 fully saturated rings. The number of allylic oxidation sites excluding steroid dienone is 2. The molecular weight excluding hydrogens is 224 g/mol. The summed E-state index contributed by atoms with van der Waals surface area (Å²) in [5, 5.41) is 8.81. The first kappa shape index (κ1) is 9.48. The second-order valence-electron chi connectivity index (χ2n) is 2.46. The molecule has 0 saturated heterocycles. The van der Waals surface area contributed by atoms with Gasteiger partial charge >= 0.3 is 5.97 Å². The zero-order valence-corrected chi connectivity index (χ0v) is 8.11. The maximum absolute atomic E-state index is 10.7. The molecule has 12 heavy (non-hydrogen) atoms. The minimum atomic E-state index is -0.908. The number of alkyl halides is 1. The number of methoxy groups -OCH3 is 1. The quantitative estimate of drug-likeness (QED) is 0.736. The van der Waals surface area contributed by atoms with E-state index in [-0.39, 0.29) is 0 Å². The molecule has 0 aromatic rings. The Morgan fingerprint density at radius 1 is 1.67 bits per heavy atom. The van der Waals surface area contributed by atoms with Gasteiger partial charge in [-0.2, -0.15) is 0 Å². The predicted molar refractivity (Wildman–Crippen MR) is 48.1 cm³/mol. The smallest absolute Gasteiger partial charge is 0.314 e. The second kappa shape index (κ2) is 3.41. The van der Waals surface area contributed by atoms with Crippen LogP contribution in [0.25, 0.3) is 0 Å². The third kappa shape index (κ3) is 1.59. The van der Waals surface area contributed by atoms with Crippen molar-refractivity contribution in [2.75, 3.05) is 7.11 Å². The minimum absolute atomic E-state index is 0.674. The van der Waals surface area contributed by atoms with Crippen LogP contribution in [-0.2, 0) is 9.53 Å². The molecule has 0 heterocycles. The number of carboxylic acid groups (broad SMARTS) is 1. The van der Waals surface area contributed by atoms with E-state index in [0.717, 1.165) is 0 Å². The van der Waals surface area contributed by atoms with Gasteiger partial charge in [0.15, 0.2) is 4.51 Å². The summed E-state index contributed by atoms with van der Waals surface area (Å²) in [4.78, 5) is 10.7. The molecule has 0 aliphatic heterocycles. The average Bonchev–Trinajstić information content (AvgIpc) is 2.05. The van der Waals surface area contributed by atoms with E-state index in [9.17, 15) is 4.79 Å². The number of halogens is 1. The van der Waals surface area contributed by atoms with E-state index < -0.39 is 16.4 Å². The zero-order valence-electron chi connectivity index (χ0n) is 6.53. The Hall–Kier alpha value is -0.610. The van der Waals surface area contributed by atoms with Crippen LogP contribution in [0.5, 0.6) is 0 Å². The van der Waals surface area contributed by atoms with Crippen molar-refractivity contribution in [3.05, 3.63) is 24.3 Å². The Balaban J connectivity index is 2.92. The largest absolute Gasteiger partial charge is 0.481 e. The Morgan fingerprint density at radius 2 is 2.33 bits per heavy atom. The van der Waals surface area contributed by atoms with Gasteiger partial charge in [-0.1, -0.05) is 18.2 Å². The first-order valence-corrected chi connectivity index (χ1v) is 4.22. The maximum Gasteiger partial charge on any atom is 0.314 e. The zero-order chi connectivity index (χ0) is 9.19. The van der Waals surface area contributed by atoms with Crippen LogP contribution >= 0.6 is 15.9 Å². The highest BCUT2D eigenvalue weighted by Gasteiger charge is 2.38. The lowest BCUT2D eigenvalue weighted by atomic mass is 9.98. The van der Waals surface area contributed by atoms with Crippen molar-refractivity contribution < 1.29 is 14.6 Å². The second-order valence-corrected chi connectivity index (χ2v) is 3.70. The Kier molecular flexibility index (Phi) is 2.69. The van der Waals surface area contributed by atoms with Gasteiger partial charge in [0.2, 0.25) is 0 Å². The van der Waals surface area contributed by atoms with Crippen molar-refractivity contribution in [1.82, 2.24) is 0 Å². The van der Waals surface area contributed by atoms with Crippen LogP contribution in [0.4, 0.5) is 0 Å². The van der Waals surface area contributed by atoms with E-state index in [1.165, 1.54) is 7.11 Å². The third-order valence-corrected chi connectivity index (χ3v) is 2.82. The lowest BCUT2D eigenvalue weighted by Gasteiger charge is -2.28. The highest BCUT2D eigenvalue weighted by molar-refractivity contribution is 9.10. The van der Waals surface area contributed by atoms with Crippen molar-refractivity contribution in [3.63, 3.8) is 0 Å². The van der Waals surface area contributed by atoms with E-state index in [1.807, 2.05) is 0 Å². The van der Waals surface area contributed by atoms with Crippen LogP contribution in [0.15, 0.2) is 24.3 Å². The molecule has 0 amide bonds. The van der Waals surface area contributed by atoms with Crippen molar-refractivity contribution in [3.8, 4) is 0 Å². The molecule has 4 heteroatoms. The normalized spacial score (nSPS) is 33.7. The van der Waals surface area contributed by atoms with Crippen LogP contribution in [0.2, 0.25) is 0 Å². The predicted octanol–water partition coefficient (Wildman–Crippen LogP) is 1.55. The molecule has 2 atom stereocenters. The van der Waals surface area contributed by atoms with Gasteiger partial charge in [0.25, 0.3) is 0 Å². The molecule has 0 saturated carbocycles. The summed E-state index contributed by atoms with van der Waals surface area (Å²) < 4.78 is 4.16. The van der Waals surface area contributed by atoms with Gasteiger partial charge < -0.3 is 9.84 Å². The van der Waals surface area contributed by atoms with Gasteiger partial charge in [-0.15, -0.1) is 0 Å². The molecule has 0 radical (unpaired) electrons. The molecule has 0 bridgehead atoms. The number of aliphatic carboxylic acids is 1. The van der Waals surface area contributed by atoms with Crippen LogP contribution < -0.4 is 0 Å². The number of carboxylic acids is 1. The lowest BCUT2D eigenvalue weighted by molar-refractivity contribution is -0.143. The summed E-state index contributed by atoms with van der Waals surface area (Å²) in [6.07, 6.45) is 6.70. The Morgan fingerprint density at radius 3 is 2.75 bits per heavy atom. The van der Waals surface area contributed by atoms with Crippen molar-refractivity contribution in [2.45, 2.75) is 4.51 Å². The standard InChI is InChI=1S/C8H9BrO3/c1-12-8(9)5-3-2-4-6(8)7(10)11/h2-6H,1H3,(H,10,11). The first-order chi connectivity index (χ1) is 5.60. The van der Waals surface area contributed by atoms with Crippen molar-refractivity contribution in [2.24, 2.45) is 5.92 Å². The Labute approximate surface area is 78.8 Å². The van der Waals surface area contributed by atoms with E-state index >= 15 is 0 Å². The van der Waals surface area contributed by atoms with Crippen LogP contribution in [0.3, 0.4) is 0 Å². The molecule has 0 aromatic carbocycles. The fourth-order valence-corrected chi connectivity index (χ4v) is 1.54.